The number of alkyl halides is 3. The summed E-state index contributed by atoms with van der Waals surface area (Å²) in [5.41, 5.74) is 5.27. The molecule has 1 aromatic heterocycles. The highest BCUT2D eigenvalue weighted by Gasteiger charge is 2.36. The van der Waals surface area contributed by atoms with Crippen LogP contribution in [0.2, 0.25) is 0 Å². The molecule has 0 radical (unpaired) electrons. The number of aromatic nitrogens is 3. The van der Waals surface area contributed by atoms with E-state index in [1.165, 1.54) is 6.92 Å². The Morgan fingerprint density at radius 2 is 2.08 bits per heavy atom. The van der Waals surface area contributed by atoms with Crippen molar-refractivity contribution in [3.63, 3.8) is 0 Å². The normalized spacial score (nSPS) is 14.8. The number of hydrogen-bond donors (Lipinski definition) is 2. The summed E-state index contributed by atoms with van der Waals surface area (Å²) in [4.78, 5) is 3.16. The molecule has 0 aliphatic rings. The van der Waals surface area contributed by atoms with Crippen LogP contribution in [0.5, 0.6) is 0 Å². The molecule has 0 amide bonds. The summed E-state index contributed by atoms with van der Waals surface area (Å²) in [6.45, 7) is 1.51. The minimum Gasteiger partial charge on any atom is -0.322 e. The first kappa shape index (κ1) is 8.98. The van der Waals surface area contributed by atoms with E-state index in [4.69, 9.17) is 5.73 Å². The third kappa shape index (κ3) is 1.73. The van der Waals surface area contributed by atoms with E-state index >= 15 is 0 Å². The lowest BCUT2D eigenvalue weighted by Crippen LogP contribution is -2.09. The fourth-order valence-electron chi connectivity index (χ4n) is 0.605. The van der Waals surface area contributed by atoms with Crippen LogP contribution >= 0.6 is 0 Å². The number of nitrogens with two attached hydrogens (primary N) is 1. The monoisotopic (exact) mass is 180 g/mol. The van der Waals surface area contributed by atoms with Gasteiger partial charge in [0.05, 0.1) is 6.04 Å². The molecule has 0 bridgehead atoms. The summed E-state index contributed by atoms with van der Waals surface area (Å²) in [7, 11) is 0. The van der Waals surface area contributed by atoms with Crippen molar-refractivity contribution in [2.75, 3.05) is 0 Å². The second kappa shape index (κ2) is 2.74. The SMILES string of the molecule is CC(N)c1nc(C(F)(F)F)n[nH]1. The van der Waals surface area contributed by atoms with Crippen LogP contribution in [0.25, 0.3) is 0 Å². The van der Waals surface area contributed by atoms with Crippen molar-refractivity contribution < 1.29 is 13.2 Å². The van der Waals surface area contributed by atoms with Crippen LogP contribution < -0.4 is 5.73 Å². The second-order valence-electron chi connectivity index (χ2n) is 2.33. The summed E-state index contributed by atoms with van der Waals surface area (Å²) in [6.07, 6.45) is -4.51. The van der Waals surface area contributed by atoms with Crippen molar-refractivity contribution >= 4 is 0 Å². The van der Waals surface area contributed by atoms with Crippen molar-refractivity contribution in [2.45, 2.75) is 19.1 Å². The molecule has 1 aromatic rings. The summed E-state index contributed by atoms with van der Waals surface area (Å²) < 4.78 is 35.6. The molecule has 3 N–H and O–H groups in total. The maximum Gasteiger partial charge on any atom is 0.453 e. The molecule has 68 valence electrons. The zero-order chi connectivity index (χ0) is 9.35. The summed E-state index contributed by atoms with van der Waals surface area (Å²) in [5, 5.41) is 5.07. The van der Waals surface area contributed by atoms with Crippen molar-refractivity contribution in [3.05, 3.63) is 11.6 Å². The van der Waals surface area contributed by atoms with Gasteiger partial charge in [0.1, 0.15) is 5.82 Å². The highest BCUT2D eigenvalue weighted by atomic mass is 19.4. The number of hydrogen-bond acceptors (Lipinski definition) is 3. The maximum atomic E-state index is 11.9. The Morgan fingerprint density at radius 3 is 2.33 bits per heavy atom. The maximum absolute atomic E-state index is 11.9. The first-order valence-corrected chi connectivity index (χ1v) is 3.16. The average Bonchev–Trinajstić information content (AvgIpc) is 2.30. The predicted octanol–water partition coefficient (Wildman–Crippen LogP) is 0.843. The van der Waals surface area contributed by atoms with Crippen LogP contribution in [-0.4, -0.2) is 15.2 Å². The zero-order valence-corrected chi connectivity index (χ0v) is 6.18. The Hall–Kier alpha value is -1.11. The Kier molecular flexibility index (Phi) is 2.05. The van der Waals surface area contributed by atoms with Gasteiger partial charge in [-0.1, -0.05) is 0 Å². The van der Waals surface area contributed by atoms with Crippen LogP contribution in [0.4, 0.5) is 13.2 Å². The first-order valence-electron chi connectivity index (χ1n) is 3.16. The molecule has 0 aliphatic heterocycles. The van der Waals surface area contributed by atoms with E-state index in [2.05, 4.69) is 15.2 Å². The molecule has 1 heterocycles. The molecule has 0 aromatic carbocycles. The predicted molar refractivity (Wildman–Crippen MR) is 34.0 cm³/mol. The molecule has 0 fully saturated rings. The molecule has 1 rings (SSSR count). The minimum atomic E-state index is -4.51. The number of H-pyrrole nitrogens is 1. The molecular formula is C5H7F3N4. The standard InChI is InChI=1S/C5H7F3N4/c1-2(9)3-10-4(12-11-3)5(6,7)8/h2H,9H2,1H3,(H,10,11,12). The van der Waals surface area contributed by atoms with Gasteiger partial charge in [0, 0.05) is 0 Å². The van der Waals surface area contributed by atoms with Gasteiger partial charge in [0.15, 0.2) is 0 Å². The van der Waals surface area contributed by atoms with Crippen LogP contribution in [0.15, 0.2) is 0 Å². The number of rotatable bonds is 1. The van der Waals surface area contributed by atoms with Crippen molar-refractivity contribution in [1.82, 2.24) is 15.2 Å². The number of halogens is 3. The Balaban J connectivity index is 2.92. The van der Waals surface area contributed by atoms with E-state index in [0.29, 0.717) is 0 Å². The van der Waals surface area contributed by atoms with Gasteiger partial charge in [0.25, 0.3) is 5.82 Å². The molecule has 0 spiro atoms. The average molecular weight is 180 g/mol. The van der Waals surface area contributed by atoms with Gasteiger partial charge in [0.2, 0.25) is 0 Å². The van der Waals surface area contributed by atoms with Gasteiger partial charge >= 0.3 is 6.18 Å². The fraction of sp³-hybridized carbons (Fsp3) is 0.600. The lowest BCUT2D eigenvalue weighted by molar-refractivity contribution is -0.144. The lowest BCUT2D eigenvalue weighted by atomic mass is 10.3. The number of nitrogens with one attached hydrogen (secondary N) is 1. The molecular weight excluding hydrogens is 173 g/mol. The molecule has 1 atom stereocenters. The van der Waals surface area contributed by atoms with Crippen molar-refractivity contribution in [3.8, 4) is 0 Å². The highest BCUT2D eigenvalue weighted by Crippen LogP contribution is 2.25. The van der Waals surface area contributed by atoms with Gasteiger partial charge in [-0.2, -0.15) is 13.2 Å². The van der Waals surface area contributed by atoms with Crippen LogP contribution in [0, 0.1) is 0 Å². The van der Waals surface area contributed by atoms with Gasteiger partial charge < -0.3 is 5.73 Å². The minimum absolute atomic E-state index is 0.0299. The molecule has 0 aliphatic carbocycles. The molecule has 7 heteroatoms. The Labute approximate surface area is 66.0 Å². The van der Waals surface area contributed by atoms with Gasteiger partial charge in [-0.25, -0.2) is 4.98 Å². The van der Waals surface area contributed by atoms with Crippen molar-refractivity contribution in [1.29, 1.82) is 0 Å². The number of aromatic amines is 1. The summed E-state index contributed by atoms with van der Waals surface area (Å²) in [5.74, 6) is -1.16. The largest absolute Gasteiger partial charge is 0.453 e. The van der Waals surface area contributed by atoms with E-state index < -0.39 is 18.0 Å². The molecule has 0 saturated carbocycles. The van der Waals surface area contributed by atoms with Crippen LogP contribution in [-0.2, 0) is 6.18 Å². The summed E-state index contributed by atoms with van der Waals surface area (Å²) >= 11 is 0. The zero-order valence-electron chi connectivity index (χ0n) is 6.18. The fourth-order valence-corrected chi connectivity index (χ4v) is 0.605. The Bertz CT molecular complexity index is 264. The van der Waals surface area contributed by atoms with Crippen molar-refractivity contribution in [2.24, 2.45) is 5.73 Å². The van der Waals surface area contributed by atoms with E-state index in [1.54, 1.807) is 0 Å². The smallest absolute Gasteiger partial charge is 0.322 e. The lowest BCUT2D eigenvalue weighted by Gasteiger charge is -1.98. The highest BCUT2D eigenvalue weighted by molar-refractivity contribution is 4.97. The third-order valence-corrected chi connectivity index (χ3v) is 1.19. The first-order chi connectivity index (χ1) is 5.41. The topological polar surface area (TPSA) is 67.6 Å². The van der Waals surface area contributed by atoms with E-state index in [9.17, 15) is 13.2 Å². The Morgan fingerprint density at radius 1 is 1.50 bits per heavy atom. The molecule has 0 saturated heterocycles. The van der Waals surface area contributed by atoms with Gasteiger partial charge in [-0.15, -0.1) is 5.10 Å². The van der Waals surface area contributed by atoms with Crippen LogP contribution in [0.1, 0.15) is 24.6 Å². The van der Waals surface area contributed by atoms with E-state index in [1.807, 2.05) is 0 Å². The van der Waals surface area contributed by atoms with Crippen LogP contribution in [0.3, 0.4) is 0 Å². The van der Waals surface area contributed by atoms with Gasteiger partial charge in [-0.05, 0) is 6.92 Å². The molecule has 12 heavy (non-hydrogen) atoms. The third-order valence-electron chi connectivity index (χ3n) is 1.19. The van der Waals surface area contributed by atoms with Gasteiger partial charge in [-0.3, -0.25) is 5.10 Å². The van der Waals surface area contributed by atoms with E-state index in [-0.39, 0.29) is 5.82 Å². The number of nitrogens with zero attached hydrogens (tertiary/aromatic N) is 2. The molecule has 1 unspecified atom stereocenters. The van der Waals surface area contributed by atoms with E-state index in [0.717, 1.165) is 0 Å². The quantitative estimate of drug-likeness (QED) is 0.672. The summed E-state index contributed by atoms with van der Waals surface area (Å²) in [6, 6.07) is -0.575. The second-order valence-corrected chi connectivity index (χ2v) is 2.33. The molecule has 4 nitrogen and oxygen atoms in total.